The van der Waals surface area contributed by atoms with Crippen molar-refractivity contribution in [3.05, 3.63) is 23.8 Å². The fraction of sp³-hybridized carbons (Fsp3) is 0.533. The van der Waals surface area contributed by atoms with Gasteiger partial charge < -0.3 is 19.5 Å². The number of rotatable bonds is 6. The van der Waals surface area contributed by atoms with Gasteiger partial charge in [0, 0.05) is 18.2 Å². The molecule has 0 radical (unpaired) electrons. The van der Waals surface area contributed by atoms with Gasteiger partial charge in [-0.2, -0.15) is 0 Å². The molecule has 0 heterocycles. The number of carbonyl (C=O) groups is 1. The van der Waals surface area contributed by atoms with Gasteiger partial charge in [-0.1, -0.05) is 0 Å². The van der Waals surface area contributed by atoms with Crippen molar-refractivity contribution in [1.82, 2.24) is 5.32 Å². The van der Waals surface area contributed by atoms with Crippen LogP contribution in [0.1, 0.15) is 26.3 Å². The van der Waals surface area contributed by atoms with Crippen LogP contribution in [-0.4, -0.2) is 32.1 Å². The molecule has 118 valence electrons. The van der Waals surface area contributed by atoms with E-state index in [0.717, 1.165) is 5.56 Å². The molecule has 0 aliphatic carbocycles. The number of carbonyl (C=O) groups excluding carboxylic acids is 1. The van der Waals surface area contributed by atoms with Crippen LogP contribution >= 0.6 is 0 Å². The minimum Gasteiger partial charge on any atom is -0.496 e. The van der Waals surface area contributed by atoms with E-state index in [1.54, 1.807) is 39.0 Å². The number of nitrogens with one attached hydrogen (secondary N) is 1. The number of alkyl carbamates (subject to hydrolysis) is 1. The second kappa shape index (κ2) is 7.71. The predicted molar refractivity (Wildman–Crippen MR) is 77.5 cm³/mol. The SMILES string of the molecule is COc1cc(OCCF)ccc1CNC(=O)OC(C)(C)C. The lowest BCUT2D eigenvalue weighted by Crippen LogP contribution is -2.32. The number of methoxy groups -OCH3 is 1. The maximum atomic E-state index is 12.1. The van der Waals surface area contributed by atoms with Gasteiger partial charge in [-0.3, -0.25) is 0 Å². The zero-order valence-electron chi connectivity index (χ0n) is 12.9. The van der Waals surface area contributed by atoms with Crippen molar-refractivity contribution in [2.75, 3.05) is 20.4 Å². The molecular weight excluding hydrogens is 277 g/mol. The molecule has 0 bridgehead atoms. The Hall–Kier alpha value is -1.98. The normalized spacial score (nSPS) is 10.9. The zero-order valence-corrected chi connectivity index (χ0v) is 12.9. The standard InChI is InChI=1S/C15H22FNO4/c1-15(2,3)21-14(18)17-10-11-5-6-12(20-8-7-16)9-13(11)19-4/h5-6,9H,7-8,10H2,1-4H3,(H,17,18). The number of hydrogen-bond acceptors (Lipinski definition) is 4. The molecule has 1 amide bonds. The highest BCUT2D eigenvalue weighted by molar-refractivity contribution is 5.67. The molecule has 0 saturated carbocycles. The Morgan fingerprint density at radius 3 is 2.62 bits per heavy atom. The van der Waals surface area contributed by atoms with Crippen LogP contribution in [0, 0.1) is 0 Å². The van der Waals surface area contributed by atoms with Crippen molar-refractivity contribution in [3.8, 4) is 11.5 Å². The zero-order chi connectivity index (χ0) is 15.9. The van der Waals surface area contributed by atoms with E-state index < -0.39 is 18.4 Å². The molecule has 0 fully saturated rings. The smallest absolute Gasteiger partial charge is 0.407 e. The van der Waals surface area contributed by atoms with Gasteiger partial charge in [0.15, 0.2) is 0 Å². The van der Waals surface area contributed by atoms with Gasteiger partial charge in [0.25, 0.3) is 0 Å². The van der Waals surface area contributed by atoms with E-state index in [0.29, 0.717) is 11.5 Å². The Balaban J connectivity index is 2.64. The molecule has 21 heavy (non-hydrogen) atoms. The molecule has 0 saturated heterocycles. The van der Waals surface area contributed by atoms with Gasteiger partial charge in [-0.05, 0) is 32.9 Å². The minimum absolute atomic E-state index is 0.00133. The Morgan fingerprint density at radius 2 is 2.05 bits per heavy atom. The molecule has 6 heteroatoms. The molecule has 5 nitrogen and oxygen atoms in total. The molecular formula is C15H22FNO4. The molecule has 0 unspecified atom stereocenters. The molecule has 0 aliphatic rings. The summed E-state index contributed by atoms with van der Waals surface area (Å²) in [6, 6.07) is 5.11. The average molecular weight is 299 g/mol. The molecule has 1 aromatic carbocycles. The van der Waals surface area contributed by atoms with Crippen LogP contribution in [0.4, 0.5) is 9.18 Å². The summed E-state index contributed by atoms with van der Waals surface area (Å²) in [6.45, 7) is 5.10. The third kappa shape index (κ3) is 6.33. The maximum Gasteiger partial charge on any atom is 0.407 e. The average Bonchev–Trinajstić information content (AvgIpc) is 2.41. The van der Waals surface area contributed by atoms with E-state index in [2.05, 4.69) is 5.32 Å². The van der Waals surface area contributed by atoms with Crippen LogP contribution in [-0.2, 0) is 11.3 Å². The van der Waals surface area contributed by atoms with Gasteiger partial charge in [-0.25, -0.2) is 9.18 Å². The Labute approximate surface area is 124 Å². The molecule has 0 spiro atoms. The van der Waals surface area contributed by atoms with Crippen LogP contribution in [0.3, 0.4) is 0 Å². The Bertz CT molecular complexity index is 471. The molecule has 0 aromatic heterocycles. The molecule has 0 atom stereocenters. The number of alkyl halides is 1. The lowest BCUT2D eigenvalue weighted by molar-refractivity contribution is 0.0523. The van der Waals surface area contributed by atoms with E-state index >= 15 is 0 Å². The van der Waals surface area contributed by atoms with E-state index in [1.807, 2.05) is 0 Å². The molecule has 1 aromatic rings. The summed E-state index contributed by atoms with van der Waals surface area (Å²) in [4.78, 5) is 11.6. The van der Waals surface area contributed by atoms with Crippen LogP contribution < -0.4 is 14.8 Å². The summed E-state index contributed by atoms with van der Waals surface area (Å²) < 4.78 is 27.6. The largest absolute Gasteiger partial charge is 0.496 e. The van der Waals surface area contributed by atoms with Crippen LogP contribution in [0.2, 0.25) is 0 Å². The summed E-state index contributed by atoms with van der Waals surface area (Å²) in [5, 5.41) is 2.65. The Kier molecular flexibility index (Phi) is 6.27. The monoisotopic (exact) mass is 299 g/mol. The van der Waals surface area contributed by atoms with Crippen LogP contribution in [0.5, 0.6) is 11.5 Å². The van der Waals surface area contributed by atoms with E-state index in [-0.39, 0.29) is 13.2 Å². The first-order chi connectivity index (χ1) is 9.85. The highest BCUT2D eigenvalue weighted by atomic mass is 19.1. The van der Waals surface area contributed by atoms with Gasteiger partial charge in [0.1, 0.15) is 30.4 Å². The second-order valence-corrected chi connectivity index (χ2v) is 5.37. The summed E-state index contributed by atoms with van der Waals surface area (Å²) in [5.41, 5.74) is 0.231. The third-order valence-electron chi connectivity index (χ3n) is 2.43. The summed E-state index contributed by atoms with van der Waals surface area (Å²) >= 11 is 0. The van der Waals surface area contributed by atoms with Gasteiger partial charge in [0.05, 0.1) is 7.11 Å². The molecule has 1 N–H and O–H groups in total. The van der Waals surface area contributed by atoms with E-state index in [1.165, 1.54) is 7.11 Å². The summed E-state index contributed by atoms with van der Waals surface area (Å²) in [5.74, 6) is 1.08. The van der Waals surface area contributed by atoms with Crippen molar-refractivity contribution >= 4 is 6.09 Å². The lowest BCUT2D eigenvalue weighted by Gasteiger charge is -2.20. The number of ether oxygens (including phenoxy) is 3. The first-order valence-corrected chi connectivity index (χ1v) is 6.68. The second-order valence-electron chi connectivity index (χ2n) is 5.37. The summed E-state index contributed by atoms with van der Waals surface area (Å²) in [6.07, 6.45) is -0.498. The first kappa shape index (κ1) is 17.1. The maximum absolute atomic E-state index is 12.1. The van der Waals surface area contributed by atoms with E-state index in [9.17, 15) is 9.18 Å². The number of halogens is 1. The van der Waals surface area contributed by atoms with Gasteiger partial charge in [0.2, 0.25) is 0 Å². The fourth-order valence-electron chi connectivity index (χ4n) is 1.60. The third-order valence-corrected chi connectivity index (χ3v) is 2.43. The van der Waals surface area contributed by atoms with Gasteiger partial charge in [-0.15, -0.1) is 0 Å². The predicted octanol–water partition coefficient (Wildman–Crippen LogP) is 3.07. The van der Waals surface area contributed by atoms with E-state index in [4.69, 9.17) is 14.2 Å². The fourth-order valence-corrected chi connectivity index (χ4v) is 1.60. The van der Waals surface area contributed by atoms with Crippen molar-refractivity contribution in [3.63, 3.8) is 0 Å². The van der Waals surface area contributed by atoms with Crippen molar-refractivity contribution in [2.45, 2.75) is 32.9 Å². The topological polar surface area (TPSA) is 56.8 Å². The first-order valence-electron chi connectivity index (χ1n) is 6.68. The van der Waals surface area contributed by atoms with Crippen molar-refractivity contribution < 1.29 is 23.4 Å². The molecule has 0 aliphatic heterocycles. The quantitative estimate of drug-likeness (QED) is 0.877. The van der Waals surface area contributed by atoms with Gasteiger partial charge >= 0.3 is 6.09 Å². The van der Waals surface area contributed by atoms with Crippen LogP contribution in [0.15, 0.2) is 18.2 Å². The summed E-state index contributed by atoms with van der Waals surface area (Å²) in [7, 11) is 1.52. The van der Waals surface area contributed by atoms with Crippen LogP contribution in [0.25, 0.3) is 0 Å². The van der Waals surface area contributed by atoms with Crippen molar-refractivity contribution in [2.24, 2.45) is 0 Å². The van der Waals surface area contributed by atoms with Crippen molar-refractivity contribution in [1.29, 1.82) is 0 Å². The number of hydrogen-bond donors (Lipinski definition) is 1. The Morgan fingerprint density at radius 1 is 1.33 bits per heavy atom. The lowest BCUT2D eigenvalue weighted by atomic mass is 10.2. The highest BCUT2D eigenvalue weighted by Gasteiger charge is 2.16. The molecule has 1 rings (SSSR count). The number of benzene rings is 1. The highest BCUT2D eigenvalue weighted by Crippen LogP contribution is 2.24. The minimum atomic E-state index is -0.551. The number of amides is 1.